The summed E-state index contributed by atoms with van der Waals surface area (Å²) in [6.45, 7) is 7.97. The largest absolute Gasteiger partial charge is 0.398 e. The van der Waals surface area contributed by atoms with Crippen LogP contribution in [0.4, 0.5) is 0 Å². The summed E-state index contributed by atoms with van der Waals surface area (Å²) in [6, 6.07) is 0. The molecular weight excluding hydrogens is 160 g/mol. The number of hydrogen-bond donors (Lipinski definition) is 0. The van der Waals surface area contributed by atoms with Gasteiger partial charge in [-0.1, -0.05) is 6.55 Å². The van der Waals surface area contributed by atoms with Crippen molar-refractivity contribution in [3.63, 3.8) is 0 Å². The Hall–Kier alpha value is 0.0969. The molecule has 1 atom stereocenters. The molecule has 0 rings (SSSR count). The second-order valence-corrected chi connectivity index (χ2v) is 2.91. The van der Waals surface area contributed by atoms with Crippen molar-refractivity contribution in [1.82, 2.24) is 0 Å². The SMILES string of the molecule is CCOCC(OCC)O[SiH2]C. The van der Waals surface area contributed by atoms with Crippen LogP contribution in [-0.4, -0.2) is 35.9 Å². The molecule has 0 aliphatic heterocycles. The van der Waals surface area contributed by atoms with Gasteiger partial charge in [0.25, 0.3) is 0 Å². The van der Waals surface area contributed by atoms with Crippen LogP contribution in [0.25, 0.3) is 0 Å². The fourth-order valence-corrected chi connectivity index (χ4v) is 1.29. The van der Waals surface area contributed by atoms with E-state index < -0.39 is 0 Å². The second-order valence-electron chi connectivity index (χ2n) is 2.00. The highest BCUT2D eigenvalue weighted by atomic mass is 28.2. The van der Waals surface area contributed by atoms with Gasteiger partial charge in [-0.15, -0.1) is 0 Å². The van der Waals surface area contributed by atoms with E-state index in [9.17, 15) is 0 Å². The predicted octanol–water partition coefficient (Wildman–Crippen LogP) is 0.534. The van der Waals surface area contributed by atoms with Crippen molar-refractivity contribution >= 4 is 9.76 Å². The Kier molecular flexibility index (Phi) is 8.27. The van der Waals surface area contributed by atoms with E-state index in [2.05, 4.69) is 6.55 Å². The molecule has 0 aliphatic rings. The van der Waals surface area contributed by atoms with Crippen molar-refractivity contribution < 1.29 is 13.9 Å². The Morgan fingerprint density at radius 1 is 1.27 bits per heavy atom. The fraction of sp³-hybridized carbons (Fsp3) is 1.00. The van der Waals surface area contributed by atoms with Gasteiger partial charge in [0.1, 0.15) is 0 Å². The molecule has 0 fully saturated rings. The average Bonchev–Trinajstić information content (AvgIpc) is 2.01. The van der Waals surface area contributed by atoms with E-state index in [1.807, 2.05) is 13.8 Å². The van der Waals surface area contributed by atoms with Crippen LogP contribution < -0.4 is 0 Å². The highest BCUT2D eigenvalue weighted by Crippen LogP contribution is 1.94. The molecule has 0 N–H and O–H groups in total. The summed E-state index contributed by atoms with van der Waals surface area (Å²) in [6.07, 6.45) is -0.128. The van der Waals surface area contributed by atoms with E-state index in [-0.39, 0.29) is 16.1 Å². The predicted molar refractivity (Wildman–Crippen MR) is 47.4 cm³/mol. The van der Waals surface area contributed by atoms with Crippen LogP contribution in [0.5, 0.6) is 0 Å². The van der Waals surface area contributed by atoms with Crippen molar-refractivity contribution in [2.75, 3.05) is 19.8 Å². The third-order valence-corrected chi connectivity index (χ3v) is 1.87. The Morgan fingerprint density at radius 3 is 2.45 bits per heavy atom. The molecule has 0 amide bonds. The molecule has 0 aromatic carbocycles. The summed E-state index contributed by atoms with van der Waals surface area (Å²) in [5.41, 5.74) is 0. The molecule has 4 heteroatoms. The van der Waals surface area contributed by atoms with Gasteiger partial charge in [0.05, 0.1) is 6.61 Å². The lowest BCUT2D eigenvalue weighted by atomic mass is 10.6. The van der Waals surface area contributed by atoms with Gasteiger partial charge in [-0.2, -0.15) is 0 Å². The summed E-state index contributed by atoms with van der Waals surface area (Å²) >= 11 is 0. The molecule has 0 bridgehead atoms. The van der Waals surface area contributed by atoms with E-state index in [0.29, 0.717) is 13.2 Å². The molecule has 68 valence electrons. The van der Waals surface area contributed by atoms with Crippen molar-refractivity contribution in [3.8, 4) is 0 Å². The quantitative estimate of drug-likeness (QED) is 0.420. The van der Waals surface area contributed by atoms with Crippen molar-refractivity contribution in [2.24, 2.45) is 0 Å². The summed E-state index contributed by atoms with van der Waals surface area (Å²) in [4.78, 5) is 0. The topological polar surface area (TPSA) is 27.7 Å². The van der Waals surface area contributed by atoms with Gasteiger partial charge in [0.15, 0.2) is 16.1 Å². The number of ether oxygens (including phenoxy) is 2. The Bertz CT molecular complexity index is 74.1. The third-order valence-electron chi connectivity index (χ3n) is 1.16. The van der Waals surface area contributed by atoms with Crippen LogP contribution in [-0.2, 0) is 13.9 Å². The normalized spacial score (nSPS) is 14.5. The highest BCUT2D eigenvalue weighted by Gasteiger charge is 2.05. The lowest BCUT2D eigenvalue weighted by Crippen LogP contribution is -2.24. The molecule has 0 heterocycles. The molecule has 0 saturated carbocycles. The zero-order chi connectivity index (χ0) is 8.53. The van der Waals surface area contributed by atoms with E-state index >= 15 is 0 Å². The maximum Gasteiger partial charge on any atom is 0.170 e. The smallest absolute Gasteiger partial charge is 0.170 e. The lowest BCUT2D eigenvalue weighted by Gasteiger charge is -2.16. The minimum absolute atomic E-state index is 0.128. The minimum Gasteiger partial charge on any atom is -0.398 e. The Labute approximate surface area is 71.0 Å². The first-order valence-electron chi connectivity index (χ1n) is 4.16. The summed E-state index contributed by atoms with van der Waals surface area (Å²) in [7, 11) is -0.387. The van der Waals surface area contributed by atoms with Crippen LogP contribution in [0.2, 0.25) is 6.55 Å². The Morgan fingerprint density at radius 2 is 2.00 bits per heavy atom. The van der Waals surface area contributed by atoms with Crippen LogP contribution in [0.15, 0.2) is 0 Å². The number of hydrogen-bond acceptors (Lipinski definition) is 3. The minimum atomic E-state index is -0.387. The van der Waals surface area contributed by atoms with Gasteiger partial charge in [0.2, 0.25) is 0 Å². The monoisotopic (exact) mass is 178 g/mol. The van der Waals surface area contributed by atoms with Crippen molar-refractivity contribution in [1.29, 1.82) is 0 Å². The molecule has 3 nitrogen and oxygen atoms in total. The van der Waals surface area contributed by atoms with Crippen molar-refractivity contribution in [3.05, 3.63) is 0 Å². The van der Waals surface area contributed by atoms with Crippen molar-refractivity contribution in [2.45, 2.75) is 26.7 Å². The van der Waals surface area contributed by atoms with Crippen LogP contribution >= 0.6 is 0 Å². The van der Waals surface area contributed by atoms with Gasteiger partial charge in [0, 0.05) is 13.2 Å². The molecule has 11 heavy (non-hydrogen) atoms. The first-order valence-corrected chi connectivity index (χ1v) is 6.15. The standard InChI is InChI=1S/C7H18O3Si/c1-4-8-6-7(9-5-2)10-11-3/h7H,4-6,11H2,1-3H3. The van der Waals surface area contributed by atoms with E-state index in [1.54, 1.807) is 0 Å². The Balaban J connectivity index is 3.34. The molecule has 0 aliphatic carbocycles. The highest BCUT2D eigenvalue weighted by molar-refractivity contribution is 6.24. The molecule has 0 aromatic rings. The van der Waals surface area contributed by atoms with Gasteiger partial charge in [-0.05, 0) is 13.8 Å². The average molecular weight is 178 g/mol. The van der Waals surface area contributed by atoms with Crippen LogP contribution in [0.3, 0.4) is 0 Å². The van der Waals surface area contributed by atoms with Gasteiger partial charge >= 0.3 is 0 Å². The summed E-state index contributed by atoms with van der Waals surface area (Å²) in [5, 5.41) is 0. The molecule has 0 spiro atoms. The van der Waals surface area contributed by atoms with Crippen LogP contribution in [0.1, 0.15) is 13.8 Å². The molecule has 0 saturated heterocycles. The zero-order valence-electron chi connectivity index (χ0n) is 7.63. The molecule has 1 unspecified atom stereocenters. The lowest BCUT2D eigenvalue weighted by molar-refractivity contribution is -0.116. The molecule has 0 radical (unpaired) electrons. The maximum atomic E-state index is 5.38. The summed E-state index contributed by atoms with van der Waals surface area (Å²) < 4.78 is 15.8. The van der Waals surface area contributed by atoms with E-state index in [0.717, 1.165) is 6.61 Å². The first-order chi connectivity index (χ1) is 5.35. The first kappa shape index (κ1) is 11.1. The van der Waals surface area contributed by atoms with Crippen LogP contribution in [0, 0.1) is 0 Å². The van der Waals surface area contributed by atoms with Gasteiger partial charge in [-0.25, -0.2) is 0 Å². The maximum absolute atomic E-state index is 5.38. The second kappa shape index (κ2) is 8.20. The summed E-state index contributed by atoms with van der Waals surface area (Å²) in [5.74, 6) is 0. The van der Waals surface area contributed by atoms with E-state index in [4.69, 9.17) is 13.9 Å². The third kappa shape index (κ3) is 6.49. The molecular formula is C7H18O3Si. The van der Waals surface area contributed by atoms with E-state index in [1.165, 1.54) is 0 Å². The zero-order valence-corrected chi connectivity index (χ0v) is 9.04. The fourth-order valence-electron chi connectivity index (χ4n) is 0.730. The number of rotatable bonds is 7. The van der Waals surface area contributed by atoms with Gasteiger partial charge < -0.3 is 13.9 Å². The molecule has 0 aromatic heterocycles. The van der Waals surface area contributed by atoms with Gasteiger partial charge in [-0.3, -0.25) is 0 Å².